The summed E-state index contributed by atoms with van der Waals surface area (Å²) < 4.78 is 76.2. The largest absolute Gasteiger partial charge is 0.477 e. The molecule has 4 rings (SSSR count). The maximum Gasteiger partial charge on any atom is 0.397 e. The highest BCUT2D eigenvalue weighted by atomic mass is 32.3. The van der Waals surface area contributed by atoms with Crippen molar-refractivity contribution < 1.29 is 126 Å². The summed E-state index contributed by atoms with van der Waals surface area (Å²) in [5.74, 6) is -7.06. The summed E-state index contributed by atoms with van der Waals surface area (Å²) >= 11 is 0. The molecule has 28 nitrogen and oxygen atoms in total. The van der Waals surface area contributed by atoms with Gasteiger partial charge in [-0.05, 0) is 6.92 Å². The molecule has 15 N–H and O–H groups in total. The van der Waals surface area contributed by atoms with Crippen LogP contribution in [0.15, 0.2) is 0 Å². The van der Waals surface area contributed by atoms with Gasteiger partial charge in [-0.3, -0.25) is 14.1 Å². The van der Waals surface area contributed by atoms with Gasteiger partial charge in [0.2, 0.25) is 11.8 Å². The first kappa shape index (κ1) is 50.2. The van der Waals surface area contributed by atoms with Crippen LogP contribution in [0.3, 0.4) is 0 Å². The van der Waals surface area contributed by atoms with Gasteiger partial charge in [-0.25, -0.2) is 8.98 Å². The summed E-state index contributed by atoms with van der Waals surface area (Å²) in [5, 5.41) is 132. The van der Waals surface area contributed by atoms with Crippen molar-refractivity contribution in [1.82, 2.24) is 10.6 Å². The zero-order valence-corrected chi connectivity index (χ0v) is 32.7. The van der Waals surface area contributed by atoms with Crippen molar-refractivity contribution in [2.75, 3.05) is 19.8 Å². The summed E-state index contributed by atoms with van der Waals surface area (Å²) in [4.78, 5) is 36.8. The standard InChI is InChI=1S/C31H52N2O26S/c1-8-22(19(43)20(44)28(52-8)56-24-16(33-10(3)38)27(46)53-13(6-35)17(24)41)55-29-21(45)26(18(42)14(7-36)54-29)58-31(30(47)48)4-11(39)15(32-9(2)37)25(57-31)23(12(40)5-34)59-60(49,50)51/h8,11-29,34-36,39-46H,4-7H2,1-3H3,(H,32,37)(H,33,38)(H,47,48)(H,49,50,51)/t8-,11+,12-,13-,14-,15-,16-,17-,18+,19-,20-,21-,22+,23-,24-,25-,26+,27-,28-,29+,31-/m1/s1. The molecule has 4 fully saturated rings. The lowest BCUT2D eigenvalue weighted by Crippen LogP contribution is -2.71. The Bertz CT molecular complexity index is 1580. The Kier molecular flexibility index (Phi) is 17.1. The third kappa shape index (κ3) is 11.2. The summed E-state index contributed by atoms with van der Waals surface area (Å²) in [5.41, 5.74) is 0. The molecule has 0 spiro atoms. The molecule has 2 amide bonds. The second-order valence-electron chi connectivity index (χ2n) is 14.5. The van der Waals surface area contributed by atoms with Gasteiger partial charge in [0, 0.05) is 20.3 Å². The zero-order chi connectivity index (χ0) is 45.2. The van der Waals surface area contributed by atoms with Crippen molar-refractivity contribution in [1.29, 1.82) is 0 Å². The first-order valence-corrected chi connectivity index (χ1v) is 19.6. The van der Waals surface area contributed by atoms with Gasteiger partial charge < -0.3 is 105 Å². The van der Waals surface area contributed by atoms with Crippen LogP contribution in [0.5, 0.6) is 0 Å². The molecule has 60 heavy (non-hydrogen) atoms. The van der Waals surface area contributed by atoms with E-state index < -0.39 is 183 Å². The maximum absolute atomic E-state index is 12.9. The van der Waals surface area contributed by atoms with Crippen LogP contribution in [0.25, 0.3) is 0 Å². The SMILES string of the molecule is CC(=O)N[C@@H]1[C@@H](O[C@H]2O[C@H](C)[C@H](O[C@@H]3O[C@H](CO)[C@H](O)[C@H](O[C@@]4(C(=O)O)C[C@H](O)[C@@H](NC(C)=O)[C@H]([C@H](OS(=O)(=O)O)[C@H](O)CO)O4)[C@H]3O)[C@H](O)[C@H]2O)[C@H](O)[C@@H](CO)O[C@H]1O. The molecular weight excluding hydrogens is 848 g/mol. The van der Waals surface area contributed by atoms with E-state index in [0.717, 1.165) is 13.8 Å². The molecule has 0 aromatic rings. The molecule has 0 bridgehead atoms. The molecule has 4 heterocycles. The van der Waals surface area contributed by atoms with Gasteiger partial charge in [0.15, 0.2) is 18.9 Å². The van der Waals surface area contributed by atoms with Gasteiger partial charge in [0.1, 0.15) is 85.4 Å². The van der Waals surface area contributed by atoms with E-state index in [4.69, 9.17) is 33.2 Å². The van der Waals surface area contributed by atoms with Gasteiger partial charge >= 0.3 is 16.4 Å². The molecule has 0 aromatic carbocycles. The number of hydrogen-bond donors (Lipinski definition) is 15. The van der Waals surface area contributed by atoms with Crippen molar-refractivity contribution in [3.8, 4) is 0 Å². The molecule has 0 aliphatic carbocycles. The highest BCUT2D eigenvalue weighted by molar-refractivity contribution is 7.80. The predicted molar refractivity (Wildman–Crippen MR) is 183 cm³/mol. The fourth-order valence-electron chi connectivity index (χ4n) is 7.27. The summed E-state index contributed by atoms with van der Waals surface area (Å²) in [6, 6.07) is -3.34. The van der Waals surface area contributed by atoms with E-state index in [2.05, 4.69) is 14.8 Å². The first-order chi connectivity index (χ1) is 27.9. The summed E-state index contributed by atoms with van der Waals surface area (Å²) in [7, 11) is -5.55. The molecule has 4 aliphatic heterocycles. The fourth-order valence-corrected chi connectivity index (χ4v) is 7.79. The van der Waals surface area contributed by atoms with E-state index in [1.165, 1.54) is 6.92 Å². The zero-order valence-electron chi connectivity index (χ0n) is 31.9. The van der Waals surface area contributed by atoms with Crippen molar-refractivity contribution in [3.63, 3.8) is 0 Å². The third-order valence-electron chi connectivity index (χ3n) is 10.1. The minimum Gasteiger partial charge on any atom is -0.477 e. The van der Waals surface area contributed by atoms with E-state index >= 15 is 0 Å². The number of aliphatic hydroxyl groups excluding tert-OH is 11. The van der Waals surface area contributed by atoms with E-state index in [-0.39, 0.29) is 0 Å². The van der Waals surface area contributed by atoms with E-state index in [1.54, 1.807) is 0 Å². The second kappa shape index (κ2) is 20.4. The number of aliphatic carboxylic acids is 1. The van der Waals surface area contributed by atoms with Crippen LogP contribution < -0.4 is 10.6 Å². The normalized spacial score (nSPS) is 43.7. The minimum absolute atomic E-state index is 0.706. The van der Waals surface area contributed by atoms with Crippen LogP contribution in [-0.4, -0.2) is 240 Å². The summed E-state index contributed by atoms with van der Waals surface area (Å²) in [6.45, 7) is 0.0192. The number of amides is 2. The van der Waals surface area contributed by atoms with Crippen LogP contribution in [0, 0.1) is 0 Å². The number of rotatable bonds is 16. The Morgan fingerprint density at radius 2 is 1.30 bits per heavy atom. The van der Waals surface area contributed by atoms with Crippen molar-refractivity contribution >= 4 is 28.2 Å². The number of ether oxygens (including phenoxy) is 7. The summed E-state index contributed by atoms with van der Waals surface area (Å²) in [6.07, 6.45) is -36.9. The number of hydrogen-bond acceptors (Lipinski definition) is 24. The van der Waals surface area contributed by atoms with Crippen molar-refractivity contribution in [3.05, 3.63) is 0 Å². The van der Waals surface area contributed by atoms with Crippen molar-refractivity contribution in [2.45, 2.75) is 155 Å². The van der Waals surface area contributed by atoms with Crippen LogP contribution >= 0.6 is 0 Å². The Labute approximate surface area is 340 Å². The minimum atomic E-state index is -5.55. The molecular formula is C31H52N2O26S. The number of aliphatic hydroxyl groups is 11. The first-order valence-electron chi connectivity index (χ1n) is 18.2. The Morgan fingerprint density at radius 3 is 1.83 bits per heavy atom. The van der Waals surface area contributed by atoms with Gasteiger partial charge in [0.25, 0.3) is 5.79 Å². The van der Waals surface area contributed by atoms with Gasteiger partial charge in [-0.15, -0.1) is 0 Å². The van der Waals surface area contributed by atoms with Crippen LogP contribution in [0.1, 0.15) is 27.2 Å². The van der Waals surface area contributed by atoms with Gasteiger partial charge in [-0.2, -0.15) is 8.42 Å². The van der Waals surface area contributed by atoms with E-state index in [0.29, 0.717) is 0 Å². The topological polar surface area (TPSA) is 446 Å². The predicted octanol–water partition coefficient (Wildman–Crippen LogP) is -9.40. The lowest BCUT2D eigenvalue weighted by atomic mass is 9.88. The van der Waals surface area contributed by atoms with Crippen LogP contribution in [0.4, 0.5) is 0 Å². The second-order valence-corrected chi connectivity index (χ2v) is 15.6. The molecule has 29 heteroatoms. The van der Waals surface area contributed by atoms with E-state index in [1.807, 2.05) is 0 Å². The molecule has 0 radical (unpaired) electrons. The molecule has 4 aliphatic rings. The number of carboxylic acids is 1. The number of nitrogens with one attached hydrogen (secondary N) is 2. The van der Waals surface area contributed by atoms with E-state index in [9.17, 15) is 88.6 Å². The number of carbonyl (C=O) groups excluding carboxylic acids is 2. The average Bonchev–Trinajstić information content (AvgIpc) is 3.16. The highest BCUT2D eigenvalue weighted by Crippen LogP contribution is 2.39. The Hall–Kier alpha value is -2.44. The molecule has 348 valence electrons. The molecule has 0 unspecified atom stereocenters. The Balaban J connectivity index is 1.61. The third-order valence-corrected chi connectivity index (χ3v) is 10.6. The lowest BCUT2D eigenvalue weighted by Gasteiger charge is -2.51. The van der Waals surface area contributed by atoms with Gasteiger partial charge in [0.05, 0.1) is 38.1 Å². The molecule has 0 aromatic heterocycles. The molecule has 4 saturated heterocycles. The maximum atomic E-state index is 12.9. The molecule has 0 saturated carbocycles. The van der Waals surface area contributed by atoms with Gasteiger partial charge in [-0.1, -0.05) is 0 Å². The van der Waals surface area contributed by atoms with Crippen molar-refractivity contribution in [2.24, 2.45) is 0 Å². The number of carboxylic acid groups (broad SMARTS) is 1. The van der Waals surface area contributed by atoms with Crippen LogP contribution in [0.2, 0.25) is 0 Å². The quantitative estimate of drug-likeness (QED) is 0.0640. The fraction of sp³-hybridized carbons (Fsp3) is 0.903. The monoisotopic (exact) mass is 900 g/mol. The van der Waals surface area contributed by atoms with Crippen LogP contribution in [-0.2, 0) is 62.1 Å². The Morgan fingerprint density at radius 1 is 0.767 bits per heavy atom. The smallest absolute Gasteiger partial charge is 0.397 e. The molecule has 21 atom stereocenters. The average molecular weight is 901 g/mol. The lowest BCUT2D eigenvalue weighted by molar-refractivity contribution is -0.388. The highest BCUT2D eigenvalue weighted by Gasteiger charge is 2.61. The number of carbonyl (C=O) groups is 3.